The fraction of sp³-hybridized carbons (Fsp3) is 0.364. The predicted octanol–water partition coefficient (Wildman–Crippen LogP) is -0.161. The zero-order chi connectivity index (χ0) is 15.8. The first-order valence-corrected chi connectivity index (χ1v) is 9.00. The summed E-state index contributed by atoms with van der Waals surface area (Å²) < 4.78 is 47.9. The van der Waals surface area contributed by atoms with Crippen molar-refractivity contribution in [2.75, 3.05) is 17.2 Å². The van der Waals surface area contributed by atoms with Gasteiger partial charge < -0.3 is 0 Å². The Kier molecular flexibility index (Phi) is 4.06. The summed E-state index contributed by atoms with van der Waals surface area (Å²) in [5, 5.41) is 0. The van der Waals surface area contributed by atoms with Gasteiger partial charge >= 0.3 is 0 Å². The molecule has 1 N–H and O–H groups in total. The molecular formula is C11H14N2O6S2. The first kappa shape index (κ1) is 15.9. The van der Waals surface area contributed by atoms with E-state index in [0.717, 1.165) is 7.11 Å². The normalized spacial score (nSPS) is 21.7. The molecule has 1 fully saturated rings. The minimum atomic E-state index is -3.83. The van der Waals surface area contributed by atoms with E-state index in [2.05, 4.69) is 4.84 Å². The van der Waals surface area contributed by atoms with Crippen LogP contribution in [0.15, 0.2) is 29.2 Å². The van der Waals surface area contributed by atoms with Gasteiger partial charge in [0.1, 0.15) is 0 Å². The molecule has 116 valence electrons. The van der Waals surface area contributed by atoms with Gasteiger partial charge in [0, 0.05) is 0 Å². The topological polar surface area (TPSA) is 110 Å². The van der Waals surface area contributed by atoms with Gasteiger partial charge in [0.15, 0.2) is 0 Å². The van der Waals surface area contributed by atoms with Gasteiger partial charge in [-0.15, -0.1) is 0 Å². The summed E-state index contributed by atoms with van der Waals surface area (Å²) in [6, 6.07) is 4.92. The van der Waals surface area contributed by atoms with Crippen molar-refractivity contribution >= 4 is 31.6 Å². The number of rotatable bonds is 4. The van der Waals surface area contributed by atoms with Crippen LogP contribution in [-0.2, 0) is 29.7 Å². The van der Waals surface area contributed by atoms with Crippen LogP contribution in [0.5, 0.6) is 0 Å². The summed E-state index contributed by atoms with van der Waals surface area (Å²) in [6.07, 6.45) is 0. The van der Waals surface area contributed by atoms with E-state index in [0.29, 0.717) is 4.31 Å². The number of sulfonamides is 2. The molecule has 1 aromatic rings. The van der Waals surface area contributed by atoms with Crippen molar-refractivity contribution in [1.82, 2.24) is 4.89 Å². The molecule has 2 rings (SSSR count). The summed E-state index contributed by atoms with van der Waals surface area (Å²) in [5.41, 5.74) is 0.112. The van der Waals surface area contributed by atoms with Crippen LogP contribution in [0, 0.1) is 5.92 Å². The van der Waals surface area contributed by atoms with Crippen LogP contribution in [0.3, 0.4) is 0 Å². The molecule has 1 amide bonds. The number of hydrogen-bond acceptors (Lipinski definition) is 6. The number of nitrogens with zero attached hydrogens (tertiary/aromatic N) is 1. The van der Waals surface area contributed by atoms with Crippen molar-refractivity contribution in [2.24, 2.45) is 5.92 Å². The van der Waals surface area contributed by atoms with E-state index in [4.69, 9.17) is 0 Å². The Bertz CT molecular complexity index is 754. The van der Waals surface area contributed by atoms with Crippen molar-refractivity contribution in [2.45, 2.75) is 11.8 Å². The van der Waals surface area contributed by atoms with Gasteiger partial charge in [0.05, 0.1) is 29.4 Å². The number of nitrogens with one attached hydrogen (secondary N) is 1. The summed E-state index contributed by atoms with van der Waals surface area (Å²) >= 11 is 0. The number of amides is 1. The molecule has 0 aromatic heterocycles. The Hall–Kier alpha value is -1.49. The molecular weight excluding hydrogens is 320 g/mol. The average molecular weight is 334 g/mol. The highest BCUT2D eigenvalue weighted by atomic mass is 32.2. The third kappa shape index (κ3) is 2.93. The zero-order valence-electron chi connectivity index (χ0n) is 11.3. The monoisotopic (exact) mass is 334 g/mol. The second kappa shape index (κ2) is 5.37. The summed E-state index contributed by atoms with van der Waals surface area (Å²) in [7, 11) is -6.38. The molecule has 1 heterocycles. The van der Waals surface area contributed by atoms with Crippen LogP contribution in [-0.4, -0.2) is 35.6 Å². The van der Waals surface area contributed by atoms with Gasteiger partial charge in [-0.3, -0.25) is 9.63 Å². The first-order valence-electron chi connectivity index (χ1n) is 5.91. The number of carbonyl (C=O) groups excluding carboxylic acids is 1. The van der Waals surface area contributed by atoms with Crippen LogP contribution in [0.2, 0.25) is 0 Å². The quantitative estimate of drug-likeness (QED) is 0.766. The van der Waals surface area contributed by atoms with Crippen molar-refractivity contribution in [3.8, 4) is 0 Å². The van der Waals surface area contributed by atoms with Crippen molar-refractivity contribution in [3.63, 3.8) is 0 Å². The van der Waals surface area contributed by atoms with Gasteiger partial charge in [-0.2, -0.15) is 0 Å². The molecule has 0 spiro atoms. The van der Waals surface area contributed by atoms with Gasteiger partial charge in [-0.1, -0.05) is 11.8 Å². The molecule has 1 aliphatic rings. The molecule has 0 radical (unpaired) electrons. The molecule has 1 aliphatic heterocycles. The summed E-state index contributed by atoms with van der Waals surface area (Å²) in [4.78, 5) is 18.0. The summed E-state index contributed by atoms with van der Waals surface area (Å²) in [5.74, 6) is -1.40. The van der Waals surface area contributed by atoms with E-state index >= 15 is 0 Å². The highest BCUT2D eigenvalue weighted by molar-refractivity contribution is 7.94. The second-order valence-electron chi connectivity index (χ2n) is 4.57. The van der Waals surface area contributed by atoms with Crippen molar-refractivity contribution in [3.05, 3.63) is 24.3 Å². The average Bonchev–Trinajstić information content (AvgIpc) is 2.58. The Labute approximate surface area is 122 Å². The largest absolute Gasteiger partial charge is 0.290 e. The lowest BCUT2D eigenvalue weighted by molar-refractivity contribution is -0.119. The van der Waals surface area contributed by atoms with E-state index in [1.54, 1.807) is 0 Å². The minimum Gasteiger partial charge on any atom is -0.290 e. The van der Waals surface area contributed by atoms with Crippen LogP contribution in [0.25, 0.3) is 0 Å². The molecule has 1 unspecified atom stereocenters. The van der Waals surface area contributed by atoms with Crippen LogP contribution >= 0.6 is 0 Å². The van der Waals surface area contributed by atoms with Crippen molar-refractivity contribution < 1.29 is 26.5 Å². The molecule has 0 bridgehead atoms. The molecule has 1 aromatic carbocycles. The lowest BCUT2D eigenvalue weighted by Crippen LogP contribution is -2.30. The molecule has 0 saturated carbocycles. The predicted molar refractivity (Wildman–Crippen MR) is 74.2 cm³/mol. The van der Waals surface area contributed by atoms with E-state index in [9.17, 15) is 21.6 Å². The smallest absolute Gasteiger partial charge is 0.262 e. The van der Waals surface area contributed by atoms with Gasteiger partial charge in [0.25, 0.3) is 10.0 Å². The van der Waals surface area contributed by atoms with E-state index < -0.39 is 31.9 Å². The number of benzene rings is 1. The molecule has 0 aliphatic carbocycles. The Morgan fingerprint density at radius 1 is 1.29 bits per heavy atom. The number of carbonyl (C=O) groups is 1. The maximum absolute atomic E-state index is 11.9. The Balaban J connectivity index is 2.38. The third-order valence-electron chi connectivity index (χ3n) is 2.94. The third-order valence-corrected chi connectivity index (χ3v) is 6.08. The van der Waals surface area contributed by atoms with Crippen LogP contribution < -0.4 is 9.19 Å². The number of anilines is 1. The SMILES string of the molecule is CONS(=O)(=O)c1ccc(N2C(=O)C(C)CS2(=O)=O)cc1. The highest BCUT2D eigenvalue weighted by Gasteiger charge is 2.41. The minimum absolute atomic E-state index is 0.106. The second-order valence-corrected chi connectivity index (χ2v) is 8.07. The van der Waals surface area contributed by atoms with Crippen LogP contribution in [0.1, 0.15) is 6.92 Å². The maximum Gasteiger partial charge on any atom is 0.262 e. The maximum atomic E-state index is 11.9. The van der Waals surface area contributed by atoms with Crippen LogP contribution in [0.4, 0.5) is 5.69 Å². The van der Waals surface area contributed by atoms with Gasteiger partial charge in [-0.25, -0.2) is 21.1 Å². The van der Waals surface area contributed by atoms with Gasteiger partial charge in [0.2, 0.25) is 15.9 Å². The molecule has 8 nitrogen and oxygen atoms in total. The highest BCUT2D eigenvalue weighted by Crippen LogP contribution is 2.28. The van der Waals surface area contributed by atoms with E-state index in [-0.39, 0.29) is 16.3 Å². The fourth-order valence-corrected chi connectivity index (χ4v) is 4.64. The lowest BCUT2D eigenvalue weighted by Gasteiger charge is -2.15. The zero-order valence-corrected chi connectivity index (χ0v) is 12.9. The first-order chi connectivity index (χ1) is 9.69. The fourth-order valence-electron chi connectivity index (χ4n) is 2.01. The molecule has 1 atom stereocenters. The molecule has 1 saturated heterocycles. The van der Waals surface area contributed by atoms with Crippen molar-refractivity contribution in [1.29, 1.82) is 0 Å². The molecule has 10 heteroatoms. The van der Waals surface area contributed by atoms with E-state index in [1.165, 1.54) is 31.2 Å². The lowest BCUT2D eigenvalue weighted by atomic mass is 10.2. The molecule has 21 heavy (non-hydrogen) atoms. The Morgan fingerprint density at radius 3 is 2.29 bits per heavy atom. The summed E-state index contributed by atoms with van der Waals surface area (Å²) in [6.45, 7) is 1.53. The number of hydrogen-bond donors (Lipinski definition) is 1. The van der Waals surface area contributed by atoms with E-state index in [1.807, 2.05) is 4.89 Å². The van der Waals surface area contributed by atoms with Gasteiger partial charge in [-0.05, 0) is 24.3 Å². The Morgan fingerprint density at radius 2 is 1.86 bits per heavy atom. The standard InChI is InChI=1S/C11H14N2O6S2/c1-8-7-20(15,16)13(11(8)14)9-3-5-10(6-4-9)21(17,18)12-19-2/h3-6,8,12H,7H2,1-2H3.